The number of benzene rings is 2. The largest absolute Gasteiger partial charge is 0.347 e. The van der Waals surface area contributed by atoms with Crippen molar-refractivity contribution in [1.29, 1.82) is 0 Å². The summed E-state index contributed by atoms with van der Waals surface area (Å²) in [4.78, 5) is 41.4. The van der Waals surface area contributed by atoms with Crippen LogP contribution in [-0.4, -0.2) is 51.7 Å². The summed E-state index contributed by atoms with van der Waals surface area (Å²) in [6, 6.07) is 19.8. The Morgan fingerprint density at radius 2 is 1.60 bits per heavy atom. The van der Waals surface area contributed by atoms with Crippen molar-refractivity contribution >= 4 is 23.4 Å². The first-order chi connectivity index (χ1) is 19.2. The van der Waals surface area contributed by atoms with E-state index in [1.165, 1.54) is 24.6 Å². The molecule has 5 rings (SSSR count). The van der Waals surface area contributed by atoms with Crippen LogP contribution in [0.2, 0.25) is 0 Å². The SMILES string of the molecule is CC(=O)Nc1ccc(CNC(=O)c2ccc3n2CCN(Cc2ccc(C(=O)N(C)C(C)C)cc2)C32CCC2)cc1. The molecule has 0 unspecified atom stereocenters. The van der Waals surface area contributed by atoms with Gasteiger partial charge in [-0.1, -0.05) is 24.3 Å². The molecule has 2 heterocycles. The summed E-state index contributed by atoms with van der Waals surface area (Å²) in [6.07, 6.45) is 3.33. The summed E-state index contributed by atoms with van der Waals surface area (Å²) in [5.74, 6) is -0.145. The van der Waals surface area contributed by atoms with Crippen LogP contribution in [0.3, 0.4) is 0 Å². The topological polar surface area (TPSA) is 86.7 Å². The lowest BCUT2D eigenvalue weighted by atomic mass is 9.71. The second-order valence-corrected chi connectivity index (χ2v) is 11.3. The molecule has 1 aromatic heterocycles. The van der Waals surface area contributed by atoms with Crippen LogP contribution in [0.15, 0.2) is 60.7 Å². The van der Waals surface area contributed by atoms with E-state index in [2.05, 4.69) is 38.3 Å². The zero-order valence-corrected chi connectivity index (χ0v) is 23.9. The van der Waals surface area contributed by atoms with Gasteiger partial charge in [0, 0.05) is 63.1 Å². The Hall–Kier alpha value is -3.91. The molecule has 3 aromatic rings. The third kappa shape index (κ3) is 5.41. The fraction of sp³-hybridized carbons (Fsp3) is 0.406. The monoisotopic (exact) mass is 541 g/mol. The van der Waals surface area contributed by atoms with Crippen LogP contribution >= 0.6 is 0 Å². The highest BCUT2D eigenvalue weighted by molar-refractivity contribution is 5.94. The summed E-state index contributed by atoms with van der Waals surface area (Å²) < 4.78 is 2.20. The number of rotatable bonds is 8. The molecule has 2 aliphatic rings. The zero-order valence-electron chi connectivity index (χ0n) is 23.9. The number of amides is 3. The van der Waals surface area contributed by atoms with Gasteiger partial charge >= 0.3 is 0 Å². The summed E-state index contributed by atoms with van der Waals surface area (Å²) in [5, 5.41) is 5.82. The van der Waals surface area contributed by atoms with Crippen LogP contribution in [0.1, 0.15) is 77.7 Å². The highest BCUT2D eigenvalue weighted by Gasteiger charge is 2.48. The van der Waals surface area contributed by atoms with Crippen LogP contribution < -0.4 is 10.6 Å². The van der Waals surface area contributed by atoms with Crippen LogP contribution in [0.5, 0.6) is 0 Å². The van der Waals surface area contributed by atoms with Crippen molar-refractivity contribution in [1.82, 2.24) is 19.7 Å². The van der Waals surface area contributed by atoms with Crippen molar-refractivity contribution in [2.24, 2.45) is 0 Å². The number of nitrogens with one attached hydrogen (secondary N) is 2. The lowest BCUT2D eigenvalue weighted by Crippen LogP contribution is -2.56. The fourth-order valence-corrected chi connectivity index (χ4v) is 5.82. The predicted molar refractivity (Wildman–Crippen MR) is 156 cm³/mol. The van der Waals surface area contributed by atoms with Crippen LogP contribution in [0.25, 0.3) is 0 Å². The molecule has 3 amide bonds. The third-order valence-electron chi connectivity index (χ3n) is 8.47. The lowest BCUT2D eigenvalue weighted by Gasteiger charge is -2.53. The molecule has 1 spiro atoms. The minimum absolute atomic E-state index is 0.0422. The zero-order chi connectivity index (χ0) is 28.4. The summed E-state index contributed by atoms with van der Waals surface area (Å²) >= 11 is 0. The van der Waals surface area contributed by atoms with Gasteiger partial charge in [-0.25, -0.2) is 0 Å². The second kappa shape index (κ2) is 11.3. The quantitative estimate of drug-likeness (QED) is 0.431. The average Bonchev–Trinajstić information content (AvgIpc) is 3.35. The van der Waals surface area contributed by atoms with Gasteiger partial charge in [0.1, 0.15) is 5.69 Å². The first kappa shape index (κ1) is 27.6. The molecule has 0 saturated heterocycles. The van der Waals surface area contributed by atoms with Gasteiger partial charge in [-0.3, -0.25) is 19.3 Å². The third-order valence-corrected chi connectivity index (χ3v) is 8.47. The number of carbonyl (C=O) groups is 3. The van der Waals surface area contributed by atoms with Gasteiger partial charge in [0.2, 0.25) is 5.91 Å². The molecule has 0 radical (unpaired) electrons. The Morgan fingerprint density at radius 1 is 0.925 bits per heavy atom. The van der Waals surface area contributed by atoms with Crippen LogP contribution in [0.4, 0.5) is 5.69 Å². The highest BCUT2D eigenvalue weighted by Crippen LogP contribution is 2.49. The normalized spacial score (nSPS) is 15.8. The van der Waals surface area contributed by atoms with E-state index in [1.54, 1.807) is 4.90 Å². The Bertz CT molecular complexity index is 1390. The Balaban J connectivity index is 1.25. The van der Waals surface area contributed by atoms with Crippen molar-refractivity contribution in [2.45, 2.75) is 71.2 Å². The highest BCUT2D eigenvalue weighted by atomic mass is 16.2. The summed E-state index contributed by atoms with van der Waals surface area (Å²) in [6.45, 7) is 8.36. The molecule has 210 valence electrons. The molecule has 2 aromatic carbocycles. The first-order valence-electron chi connectivity index (χ1n) is 14.1. The maximum atomic E-state index is 13.2. The molecular weight excluding hydrogens is 502 g/mol. The van der Waals surface area contributed by atoms with E-state index >= 15 is 0 Å². The van der Waals surface area contributed by atoms with Gasteiger partial charge in [-0.05, 0) is 80.6 Å². The summed E-state index contributed by atoms with van der Waals surface area (Å²) in [5.41, 5.74) is 5.48. The van der Waals surface area contributed by atoms with E-state index < -0.39 is 0 Å². The van der Waals surface area contributed by atoms with Gasteiger partial charge in [0.15, 0.2) is 0 Å². The summed E-state index contributed by atoms with van der Waals surface area (Å²) in [7, 11) is 1.84. The molecule has 0 bridgehead atoms. The predicted octanol–water partition coefficient (Wildman–Crippen LogP) is 4.75. The molecule has 8 nitrogen and oxygen atoms in total. The van der Waals surface area contributed by atoms with Crippen molar-refractivity contribution in [2.75, 3.05) is 18.9 Å². The maximum Gasteiger partial charge on any atom is 0.268 e. The molecule has 1 fully saturated rings. The van der Waals surface area contributed by atoms with Gasteiger partial charge in [-0.2, -0.15) is 0 Å². The number of hydrogen-bond acceptors (Lipinski definition) is 4. The Kier molecular flexibility index (Phi) is 7.81. The number of carbonyl (C=O) groups excluding carboxylic acids is 3. The fourth-order valence-electron chi connectivity index (χ4n) is 5.82. The Labute approximate surface area is 236 Å². The van der Waals surface area contributed by atoms with E-state index in [0.717, 1.165) is 43.7 Å². The number of aromatic nitrogens is 1. The maximum absolute atomic E-state index is 13.2. The van der Waals surface area contributed by atoms with Crippen molar-refractivity contribution in [3.63, 3.8) is 0 Å². The molecule has 8 heteroatoms. The van der Waals surface area contributed by atoms with Crippen LogP contribution in [-0.2, 0) is 30.0 Å². The number of hydrogen-bond donors (Lipinski definition) is 2. The Morgan fingerprint density at radius 3 is 2.20 bits per heavy atom. The van der Waals surface area contributed by atoms with Gasteiger partial charge in [0.05, 0.1) is 5.54 Å². The second-order valence-electron chi connectivity index (χ2n) is 11.3. The first-order valence-corrected chi connectivity index (χ1v) is 14.1. The molecule has 1 saturated carbocycles. The van der Waals surface area contributed by atoms with Crippen molar-refractivity contribution < 1.29 is 14.4 Å². The van der Waals surface area contributed by atoms with E-state index in [0.29, 0.717) is 17.8 Å². The molecule has 1 aliphatic carbocycles. The minimum Gasteiger partial charge on any atom is -0.347 e. The molecule has 2 N–H and O–H groups in total. The molecule has 0 atom stereocenters. The number of fused-ring (bicyclic) bond motifs is 2. The molecular formula is C32H39N5O3. The van der Waals surface area contributed by atoms with Gasteiger partial charge < -0.3 is 20.1 Å². The van der Waals surface area contributed by atoms with E-state index in [9.17, 15) is 14.4 Å². The van der Waals surface area contributed by atoms with Crippen molar-refractivity contribution in [3.05, 3.63) is 88.7 Å². The number of nitrogens with zero attached hydrogens (tertiary/aromatic N) is 3. The lowest BCUT2D eigenvalue weighted by molar-refractivity contribution is -0.114. The molecule has 40 heavy (non-hydrogen) atoms. The average molecular weight is 542 g/mol. The molecule has 1 aliphatic heterocycles. The minimum atomic E-state index is -0.110. The van der Waals surface area contributed by atoms with E-state index in [-0.39, 0.29) is 29.3 Å². The van der Waals surface area contributed by atoms with Gasteiger partial charge in [-0.15, -0.1) is 0 Å². The van der Waals surface area contributed by atoms with Crippen LogP contribution in [0, 0.1) is 0 Å². The standard InChI is InChI=1S/C32H39N5O3/c1-22(2)35(4)31(40)26-10-6-25(7-11-26)21-36-18-19-37-28(14-15-29(37)32(36)16-5-17-32)30(39)33-20-24-8-12-27(13-9-24)34-23(3)38/h6-15,22H,5,16-21H2,1-4H3,(H,33,39)(H,34,38). The smallest absolute Gasteiger partial charge is 0.268 e. The van der Waals surface area contributed by atoms with Gasteiger partial charge in [0.25, 0.3) is 11.8 Å². The van der Waals surface area contributed by atoms with E-state index in [1.807, 2.05) is 63.4 Å². The van der Waals surface area contributed by atoms with E-state index in [4.69, 9.17) is 0 Å². The number of anilines is 1. The van der Waals surface area contributed by atoms with Crippen molar-refractivity contribution in [3.8, 4) is 0 Å².